The van der Waals surface area contributed by atoms with E-state index in [1.807, 2.05) is 37.4 Å². The summed E-state index contributed by atoms with van der Waals surface area (Å²) in [6.45, 7) is 11.3. The van der Waals surface area contributed by atoms with Crippen molar-refractivity contribution in [1.29, 1.82) is 0 Å². The number of esters is 2. The van der Waals surface area contributed by atoms with Gasteiger partial charge in [0.1, 0.15) is 11.5 Å². The third kappa shape index (κ3) is 6.53. The number of ketones is 2. The molecule has 3 bridgehead atoms. The highest BCUT2D eigenvalue weighted by molar-refractivity contribution is 6.10. The van der Waals surface area contributed by atoms with Gasteiger partial charge in [0.15, 0.2) is 11.5 Å². The number of hydrogen-bond acceptors (Lipinski definition) is 9. The molecule has 2 aromatic heterocycles. The van der Waals surface area contributed by atoms with Crippen molar-refractivity contribution in [3.8, 4) is 5.75 Å². The second kappa shape index (κ2) is 15.3. The Bertz CT molecular complexity index is 2240. The molecule has 2 unspecified atom stereocenters. The average molecular weight is 759 g/mol. The lowest BCUT2D eigenvalue weighted by Crippen LogP contribution is -2.61. The van der Waals surface area contributed by atoms with E-state index in [0.717, 1.165) is 115 Å². The Labute approximate surface area is 329 Å². The van der Waals surface area contributed by atoms with E-state index in [1.165, 1.54) is 19.4 Å². The van der Waals surface area contributed by atoms with E-state index in [2.05, 4.69) is 33.0 Å². The minimum Gasteiger partial charge on any atom is -0.431 e. The number of nitrogens with one attached hydrogen (secondary N) is 1. The van der Waals surface area contributed by atoms with Crippen molar-refractivity contribution in [2.24, 2.45) is 17.3 Å². The molecule has 0 radical (unpaired) electrons. The van der Waals surface area contributed by atoms with E-state index in [0.29, 0.717) is 24.5 Å². The van der Waals surface area contributed by atoms with Crippen molar-refractivity contribution in [3.05, 3.63) is 82.6 Å². The van der Waals surface area contributed by atoms with Crippen LogP contribution in [0.5, 0.6) is 5.75 Å². The monoisotopic (exact) mass is 758 g/mol. The number of piperidine rings is 1. The Balaban J connectivity index is 1.41. The minimum absolute atomic E-state index is 0.0177. The van der Waals surface area contributed by atoms with Crippen LogP contribution in [0.4, 0.5) is 0 Å². The van der Waals surface area contributed by atoms with E-state index >= 15 is 0 Å². The maximum absolute atomic E-state index is 14.8. The number of carbonyl (C=O) groups excluding carboxylic acids is 4. The standard InChI is InChI=1S/C46H54N4O6/c1-27(51)32-15-13-22-50-44(36(24-32)29(3)55-30(4)53)40(28(2)52)46-26-49-21-11-9-7-6-8-10-14-33(45(46)50)25-37(38(46)19-23-49)42-43-35(18-20-47-42)34-16-12-17-39(41(34)48-43)56-31(5)54/h6,8,12,16-18,20,25,32,37-38,45,48H,7,9-11,13-15,19,21-24,26H2,1-5H3/b8-6-,36-29+/t32-,37?,38+,45+,46+/m0/s1. The van der Waals surface area contributed by atoms with Gasteiger partial charge in [-0.05, 0) is 115 Å². The molecule has 8 rings (SSSR count). The first-order valence-electron chi connectivity index (χ1n) is 20.6. The number of Topliss-reactive ketones (excluding diaryl/α,β-unsaturated/α-hetero) is 2. The SMILES string of the molecule is CC(=O)O/C(C)=C1\C[C@@H](C(C)=O)CCCN2C1=C(C(C)=O)[C@@]13CN4CCCC/C=C\CCC(=CC(c5nccc6c5[nH]c5c(OC(C)=O)cccc56)[C@H]1CC4)[C@@H]23. The first kappa shape index (κ1) is 38.1. The van der Waals surface area contributed by atoms with E-state index in [1.54, 1.807) is 13.8 Å². The van der Waals surface area contributed by atoms with Crippen molar-refractivity contribution in [2.75, 3.05) is 26.2 Å². The Morgan fingerprint density at radius 2 is 1.68 bits per heavy atom. The van der Waals surface area contributed by atoms with Gasteiger partial charge < -0.3 is 24.3 Å². The second-order valence-electron chi connectivity index (χ2n) is 16.7. The van der Waals surface area contributed by atoms with Gasteiger partial charge in [-0.25, -0.2) is 0 Å². The van der Waals surface area contributed by atoms with Crippen LogP contribution in [0.15, 0.2) is 76.9 Å². The quantitative estimate of drug-likeness (QED) is 0.119. The predicted octanol–water partition coefficient (Wildman–Crippen LogP) is 8.25. The third-order valence-corrected chi connectivity index (χ3v) is 13.2. The first-order chi connectivity index (χ1) is 27.0. The summed E-state index contributed by atoms with van der Waals surface area (Å²) in [7, 11) is 0. The molecule has 4 aliphatic heterocycles. The van der Waals surface area contributed by atoms with Gasteiger partial charge in [0, 0.05) is 72.3 Å². The van der Waals surface area contributed by atoms with Gasteiger partial charge in [0.2, 0.25) is 0 Å². The van der Waals surface area contributed by atoms with E-state index in [4.69, 9.17) is 14.5 Å². The maximum Gasteiger partial charge on any atom is 0.308 e. The number of carbonyl (C=O) groups is 4. The third-order valence-electron chi connectivity index (χ3n) is 13.2. The van der Waals surface area contributed by atoms with Crippen LogP contribution in [0, 0.1) is 17.3 Å². The van der Waals surface area contributed by atoms with Crippen LogP contribution in [0.2, 0.25) is 0 Å². The molecule has 2 saturated heterocycles. The molecule has 1 aliphatic carbocycles. The smallest absolute Gasteiger partial charge is 0.308 e. The summed E-state index contributed by atoms with van der Waals surface area (Å²) in [5, 5.41) is 1.97. The fourth-order valence-electron chi connectivity index (χ4n) is 11.1. The van der Waals surface area contributed by atoms with Gasteiger partial charge in [-0.2, -0.15) is 0 Å². The van der Waals surface area contributed by atoms with Crippen molar-refractivity contribution >= 4 is 45.3 Å². The number of nitrogens with zero attached hydrogens (tertiary/aromatic N) is 3. The Kier molecular flexibility index (Phi) is 10.4. The van der Waals surface area contributed by atoms with Crippen LogP contribution in [-0.4, -0.2) is 75.5 Å². The normalized spacial score (nSPS) is 29.5. The highest BCUT2D eigenvalue weighted by Crippen LogP contribution is 2.64. The average Bonchev–Trinajstić information content (AvgIpc) is 3.65. The summed E-state index contributed by atoms with van der Waals surface area (Å²) >= 11 is 0. The van der Waals surface area contributed by atoms with E-state index in [9.17, 15) is 19.2 Å². The molecule has 56 heavy (non-hydrogen) atoms. The largest absolute Gasteiger partial charge is 0.431 e. The number of pyridine rings is 1. The molecule has 3 aromatic rings. The lowest BCUT2D eigenvalue weighted by molar-refractivity contribution is -0.137. The number of H-pyrrole nitrogens is 1. The topological polar surface area (TPSA) is 122 Å². The zero-order valence-electron chi connectivity index (χ0n) is 33.4. The highest BCUT2D eigenvalue weighted by Gasteiger charge is 2.64. The van der Waals surface area contributed by atoms with Crippen LogP contribution in [0.3, 0.4) is 0 Å². The molecular weight excluding hydrogens is 705 g/mol. The number of ether oxygens (including phenoxy) is 2. The molecule has 10 nitrogen and oxygen atoms in total. The fraction of sp³-hybridized carbons (Fsp3) is 0.500. The molecular formula is C46H54N4O6. The summed E-state index contributed by atoms with van der Waals surface area (Å²) in [5.41, 5.74) is 5.78. The maximum atomic E-state index is 14.8. The van der Waals surface area contributed by atoms with E-state index in [-0.39, 0.29) is 41.3 Å². The van der Waals surface area contributed by atoms with Crippen LogP contribution in [-0.2, 0) is 23.9 Å². The summed E-state index contributed by atoms with van der Waals surface area (Å²) in [6, 6.07) is 7.71. The van der Waals surface area contributed by atoms with Crippen molar-refractivity contribution in [1.82, 2.24) is 19.8 Å². The van der Waals surface area contributed by atoms with Gasteiger partial charge >= 0.3 is 11.9 Å². The number of fused-ring (bicyclic) bond motifs is 5. The molecule has 6 atom stereocenters. The molecule has 10 heteroatoms. The zero-order valence-corrected chi connectivity index (χ0v) is 33.4. The van der Waals surface area contributed by atoms with Crippen LogP contribution < -0.4 is 4.74 Å². The van der Waals surface area contributed by atoms with Gasteiger partial charge in [0.25, 0.3) is 0 Å². The number of hydrogen-bond donors (Lipinski definition) is 1. The number of allylic oxidation sites excluding steroid dienone is 5. The van der Waals surface area contributed by atoms with Crippen LogP contribution in [0.25, 0.3) is 21.8 Å². The number of benzene rings is 1. The lowest BCUT2D eigenvalue weighted by Gasteiger charge is -2.56. The van der Waals surface area contributed by atoms with Crippen LogP contribution >= 0.6 is 0 Å². The molecule has 2 fully saturated rings. The van der Waals surface area contributed by atoms with Gasteiger partial charge in [-0.1, -0.05) is 30.4 Å². The summed E-state index contributed by atoms with van der Waals surface area (Å²) in [4.78, 5) is 66.5. The Morgan fingerprint density at radius 1 is 0.875 bits per heavy atom. The van der Waals surface area contributed by atoms with Crippen LogP contribution in [0.1, 0.15) is 104 Å². The summed E-state index contributed by atoms with van der Waals surface area (Å²) in [6.07, 6.45) is 16.8. The zero-order chi connectivity index (χ0) is 39.3. The molecule has 0 saturated carbocycles. The summed E-state index contributed by atoms with van der Waals surface area (Å²) in [5.74, 6) is -0.0489. The molecule has 5 aliphatic rings. The molecule has 294 valence electrons. The molecule has 1 N–H and O–H groups in total. The predicted molar refractivity (Wildman–Crippen MR) is 216 cm³/mol. The van der Waals surface area contributed by atoms with Gasteiger partial charge in [0.05, 0.1) is 28.5 Å². The van der Waals surface area contributed by atoms with Crippen molar-refractivity contribution in [3.63, 3.8) is 0 Å². The minimum atomic E-state index is -0.595. The highest BCUT2D eigenvalue weighted by atomic mass is 16.5. The number of aromatic nitrogens is 2. The molecule has 0 amide bonds. The number of para-hydroxylation sites is 1. The second-order valence-corrected chi connectivity index (χ2v) is 16.7. The molecule has 6 heterocycles. The van der Waals surface area contributed by atoms with Crippen molar-refractivity contribution in [2.45, 2.75) is 104 Å². The lowest BCUT2D eigenvalue weighted by atomic mass is 9.53. The van der Waals surface area contributed by atoms with Gasteiger partial charge in [-0.3, -0.25) is 24.2 Å². The first-order valence-corrected chi connectivity index (χ1v) is 20.6. The Morgan fingerprint density at radius 3 is 2.45 bits per heavy atom. The number of aromatic amines is 1. The van der Waals surface area contributed by atoms with E-state index < -0.39 is 11.4 Å². The number of rotatable bonds is 5. The Hall–Kier alpha value is -4.83. The molecule has 1 spiro atoms. The molecule has 1 aromatic carbocycles. The fourth-order valence-corrected chi connectivity index (χ4v) is 11.1. The summed E-state index contributed by atoms with van der Waals surface area (Å²) < 4.78 is 11.6. The van der Waals surface area contributed by atoms with Crippen molar-refractivity contribution < 1.29 is 28.7 Å². The van der Waals surface area contributed by atoms with Gasteiger partial charge in [-0.15, -0.1) is 0 Å².